The van der Waals surface area contributed by atoms with E-state index in [0.717, 1.165) is 19.4 Å². The predicted molar refractivity (Wildman–Crippen MR) is 67.0 cm³/mol. The summed E-state index contributed by atoms with van der Waals surface area (Å²) in [5.74, 6) is 0.698. The number of phenols is 1. The molecule has 1 heterocycles. The lowest BCUT2D eigenvalue weighted by molar-refractivity contribution is 0.0585. The highest BCUT2D eigenvalue weighted by Gasteiger charge is 2.28. The van der Waals surface area contributed by atoms with E-state index in [-0.39, 0.29) is 17.7 Å². The summed E-state index contributed by atoms with van der Waals surface area (Å²) in [6, 6.07) is 7.01. The monoisotopic (exact) mass is 233 g/mol. The summed E-state index contributed by atoms with van der Waals surface area (Å²) in [6.45, 7) is 5.08. The molecule has 1 amide bonds. The van der Waals surface area contributed by atoms with Crippen LogP contribution in [-0.2, 0) is 0 Å². The zero-order valence-corrected chi connectivity index (χ0v) is 10.4. The van der Waals surface area contributed by atoms with Gasteiger partial charge in [-0.15, -0.1) is 0 Å². The van der Waals surface area contributed by atoms with Gasteiger partial charge in [-0.25, -0.2) is 0 Å². The number of hydrogen-bond acceptors (Lipinski definition) is 2. The summed E-state index contributed by atoms with van der Waals surface area (Å²) >= 11 is 0. The van der Waals surface area contributed by atoms with Crippen molar-refractivity contribution in [2.24, 2.45) is 5.92 Å². The molecule has 3 nitrogen and oxygen atoms in total. The molecular formula is C14H19NO2. The van der Waals surface area contributed by atoms with Gasteiger partial charge >= 0.3 is 0 Å². The van der Waals surface area contributed by atoms with Gasteiger partial charge in [-0.2, -0.15) is 0 Å². The van der Waals surface area contributed by atoms with Crippen LogP contribution in [0.4, 0.5) is 0 Å². The zero-order chi connectivity index (χ0) is 12.4. The second kappa shape index (κ2) is 4.78. The van der Waals surface area contributed by atoms with E-state index in [0.29, 0.717) is 11.5 Å². The first-order chi connectivity index (χ1) is 8.09. The fraction of sp³-hybridized carbons (Fsp3) is 0.500. The Morgan fingerprint density at radius 2 is 2.06 bits per heavy atom. The van der Waals surface area contributed by atoms with Crippen molar-refractivity contribution >= 4 is 5.91 Å². The average Bonchev–Trinajstić information content (AvgIpc) is 2.29. The molecule has 1 N–H and O–H groups in total. The third kappa shape index (κ3) is 2.43. The second-order valence-electron chi connectivity index (χ2n) is 4.99. The Hall–Kier alpha value is -1.51. The van der Waals surface area contributed by atoms with Gasteiger partial charge in [0.2, 0.25) is 0 Å². The quantitative estimate of drug-likeness (QED) is 0.810. The first-order valence-corrected chi connectivity index (χ1v) is 6.18. The molecule has 0 radical (unpaired) electrons. The molecule has 1 aliphatic heterocycles. The smallest absolute Gasteiger partial charge is 0.257 e. The summed E-state index contributed by atoms with van der Waals surface area (Å²) < 4.78 is 0. The molecular weight excluding hydrogens is 214 g/mol. The minimum atomic E-state index is -0.0532. The molecule has 17 heavy (non-hydrogen) atoms. The Kier molecular flexibility index (Phi) is 3.36. The van der Waals surface area contributed by atoms with Crippen LogP contribution in [-0.4, -0.2) is 28.5 Å². The van der Waals surface area contributed by atoms with Crippen LogP contribution in [0.5, 0.6) is 5.75 Å². The lowest BCUT2D eigenvalue weighted by Crippen LogP contribution is -2.44. The van der Waals surface area contributed by atoms with Gasteiger partial charge in [-0.1, -0.05) is 19.1 Å². The van der Waals surface area contributed by atoms with Crippen LogP contribution < -0.4 is 0 Å². The maximum atomic E-state index is 12.3. The van der Waals surface area contributed by atoms with Crippen LogP contribution in [0, 0.1) is 5.92 Å². The number of benzene rings is 1. The number of nitrogens with zero attached hydrogens (tertiary/aromatic N) is 1. The Bertz CT molecular complexity index is 416. The van der Waals surface area contributed by atoms with Crippen molar-refractivity contribution in [3.05, 3.63) is 29.8 Å². The Morgan fingerprint density at radius 3 is 2.71 bits per heavy atom. The number of phenolic OH excluding ortho intramolecular Hbond substituents is 1. The minimum absolute atomic E-state index is 0.0532. The normalized spacial score (nSPS) is 24.7. The minimum Gasteiger partial charge on any atom is -0.507 e. The number of aromatic hydroxyl groups is 1. The number of rotatable bonds is 1. The first kappa shape index (κ1) is 12.0. The second-order valence-corrected chi connectivity index (χ2v) is 4.99. The lowest BCUT2D eigenvalue weighted by Gasteiger charge is -2.36. The average molecular weight is 233 g/mol. The van der Waals surface area contributed by atoms with Crippen LogP contribution in [0.15, 0.2) is 24.3 Å². The van der Waals surface area contributed by atoms with Crippen molar-refractivity contribution in [3.8, 4) is 5.75 Å². The third-order valence-electron chi connectivity index (χ3n) is 3.53. The van der Waals surface area contributed by atoms with E-state index in [1.54, 1.807) is 24.3 Å². The van der Waals surface area contributed by atoms with Gasteiger partial charge in [0, 0.05) is 12.6 Å². The molecule has 2 atom stereocenters. The molecule has 1 saturated heterocycles. The highest BCUT2D eigenvalue weighted by molar-refractivity contribution is 5.97. The third-order valence-corrected chi connectivity index (χ3v) is 3.53. The van der Waals surface area contributed by atoms with E-state index in [1.807, 2.05) is 4.90 Å². The van der Waals surface area contributed by atoms with E-state index in [9.17, 15) is 9.90 Å². The van der Waals surface area contributed by atoms with Crippen molar-refractivity contribution in [1.82, 2.24) is 4.90 Å². The topological polar surface area (TPSA) is 40.5 Å². The van der Waals surface area contributed by atoms with Crippen molar-refractivity contribution < 1.29 is 9.90 Å². The van der Waals surface area contributed by atoms with Gasteiger partial charge in [0.05, 0.1) is 5.56 Å². The van der Waals surface area contributed by atoms with E-state index in [2.05, 4.69) is 13.8 Å². The van der Waals surface area contributed by atoms with E-state index < -0.39 is 0 Å². The van der Waals surface area contributed by atoms with Crippen molar-refractivity contribution in [1.29, 1.82) is 0 Å². The van der Waals surface area contributed by atoms with E-state index in [4.69, 9.17) is 0 Å². The SMILES string of the molecule is CC1CCN(C(=O)c2ccccc2O)C(C)C1. The van der Waals surface area contributed by atoms with Gasteiger partial charge in [-0.3, -0.25) is 4.79 Å². The lowest BCUT2D eigenvalue weighted by atomic mass is 9.93. The number of amides is 1. The fourth-order valence-corrected chi connectivity index (χ4v) is 2.52. The molecule has 0 aromatic heterocycles. The summed E-state index contributed by atoms with van der Waals surface area (Å²) in [5.41, 5.74) is 0.411. The molecule has 0 saturated carbocycles. The van der Waals surface area contributed by atoms with Crippen molar-refractivity contribution in [2.45, 2.75) is 32.7 Å². The molecule has 0 spiro atoms. The maximum Gasteiger partial charge on any atom is 0.257 e. The Morgan fingerprint density at radius 1 is 1.35 bits per heavy atom. The zero-order valence-electron chi connectivity index (χ0n) is 10.4. The number of para-hydroxylation sites is 1. The highest BCUT2D eigenvalue weighted by atomic mass is 16.3. The van der Waals surface area contributed by atoms with Crippen molar-refractivity contribution in [3.63, 3.8) is 0 Å². The van der Waals surface area contributed by atoms with E-state index in [1.165, 1.54) is 0 Å². The van der Waals surface area contributed by atoms with Gasteiger partial charge < -0.3 is 10.0 Å². The van der Waals surface area contributed by atoms with Crippen LogP contribution in [0.2, 0.25) is 0 Å². The van der Waals surface area contributed by atoms with Gasteiger partial charge in [0.1, 0.15) is 5.75 Å². The summed E-state index contributed by atoms with van der Waals surface area (Å²) in [5, 5.41) is 9.70. The van der Waals surface area contributed by atoms with Crippen LogP contribution >= 0.6 is 0 Å². The molecule has 2 unspecified atom stereocenters. The van der Waals surface area contributed by atoms with Crippen LogP contribution in [0.1, 0.15) is 37.0 Å². The molecule has 1 aromatic carbocycles. The largest absolute Gasteiger partial charge is 0.507 e. The van der Waals surface area contributed by atoms with E-state index >= 15 is 0 Å². The van der Waals surface area contributed by atoms with Crippen molar-refractivity contribution in [2.75, 3.05) is 6.54 Å². The molecule has 0 bridgehead atoms. The number of hydrogen-bond donors (Lipinski definition) is 1. The summed E-state index contributed by atoms with van der Waals surface area (Å²) in [7, 11) is 0. The predicted octanol–water partition coefficient (Wildman–Crippen LogP) is 2.65. The standard InChI is InChI=1S/C14H19NO2/c1-10-7-8-15(11(2)9-10)14(17)12-5-3-4-6-13(12)16/h3-6,10-11,16H,7-9H2,1-2H3. The molecule has 3 heteroatoms. The van der Waals surface area contributed by atoms with Gasteiger partial charge in [0.15, 0.2) is 0 Å². The fourth-order valence-electron chi connectivity index (χ4n) is 2.52. The molecule has 0 aliphatic carbocycles. The molecule has 1 fully saturated rings. The van der Waals surface area contributed by atoms with Crippen LogP contribution in [0.25, 0.3) is 0 Å². The summed E-state index contributed by atoms with van der Waals surface area (Å²) in [4.78, 5) is 14.2. The Balaban J connectivity index is 2.18. The highest BCUT2D eigenvalue weighted by Crippen LogP contribution is 2.26. The van der Waals surface area contributed by atoms with Crippen LogP contribution in [0.3, 0.4) is 0 Å². The number of piperidine rings is 1. The molecule has 1 aliphatic rings. The molecule has 92 valence electrons. The number of carbonyl (C=O) groups excluding carboxylic acids is 1. The Labute approximate surface area is 102 Å². The molecule has 1 aromatic rings. The molecule has 2 rings (SSSR count). The first-order valence-electron chi connectivity index (χ1n) is 6.18. The van der Waals surface area contributed by atoms with Gasteiger partial charge in [0.25, 0.3) is 5.91 Å². The number of carbonyl (C=O) groups is 1. The summed E-state index contributed by atoms with van der Waals surface area (Å²) in [6.07, 6.45) is 2.09. The maximum absolute atomic E-state index is 12.3. The number of likely N-dealkylation sites (tertiary alicyclic amines) is 1. The van der Waals surface area contributed by atoms with Gasteiger partial charge in [-0.05, 0) is 37.8 Å².